The second kappa shape index (κ2) is 27.4. The van der Waals surface area contributed by atoms with E-state index in [1.54, 1.807) is 18.2 Å². The van der Waals surface area contributed by atoms with Crippen LogP contribution < -0.4 is 0 Å². The van der Waals surface area contributed by atoms with Gasteiger partial charge >= 0.3 is 0 Å². The lowest BCUT2D eigenvalue weighted by Crippen LogP contribution is -2.50. The Morgan fingerprint density at radius 2 is 1.00 bits per heavy atom. The van der Waals surface area contributed by atoms with E-state index in [0.29, 0.717) is 31.0 Å². The van der Waals surface area contributed by atoms with Gasteiger partial charge in [-0.05, 0) is 63.0 Å². The Kier molecular flexibility index (Phi) is 24.1. The van der Waals surface area contributed by atoms with Crippen molar-refractivity contribution in [2.24, 2.45) is 4.99 Å². The molecule has 0 saturated heterocycles. The molecule has 0 aromatic heterocycles. The molecule has 0 fully saturated rings. The summed E-state index contributed by atoms with van der Waals surface area (Å²) in [6, 6.07) is 16.1. The summed E-state index contributed by atoms with van der Waals surface area (Å²) >= 11 is 0. The lowest BCUT2D eigenvalue weighted by atomic mass is 10.1. The van der Waals surface area contributed by atoms with Crippen LogP contribution in [0.1, 0.15) is 167 Å². The van der Waals surface area contributed by atoms with Crippen LogP contribution in [0.15, 0.2) is 64.5 Å². The van der Waals surface area contributed by atoms with Gasteiger partial charge in [-0.1, -0.05) is 153 Å². The van der Waals surface area contributed by atoms with Crippen LogP contribution in [-0.4, -0.2) is 67.5 Å². The van der Waals surface area contributed by atoms with E-state index >= 15 is 0 Å². The van der Waals surface area contributed by atoms with Crippen LogP contribution in [0.25, 0.3) is 0 Å². The molecule has 290 valence electrons. The maximum atomic E-state index is 11.4. The van der Waals surface area contributed by atoms with Crippen LogP contribution in [0.3, 0.4) is 0 Å². The third-order valence-electron chi connectivity index (χ3n) is 10.5. The lowest BCUT2D eigenvalue weighted by Gasteiger charge is -2.39. The van der Waals surface area contributed by atoms with Gasteiger partial charge < -0.3 is 13.9 Å². The summed E-state index contributed by atoms with van der Waals surface area (Å²) in [7, 11) is -4.52. The zero-order chi connectivity index (χ0) is 37.0. The normalized spacial score (nSPS) is 13.3. The molecule has 3 rings (SSSR count). The molecule has 1 aliphatic heterocycles. The Bertz CT molecular complexity index is 1220. The summed E-state index contributed by atoms with van der Waals surface area (Å²) in [6.07, 6.45) is 28.8. The molecule has 0 amide bonds. The van der Waals surface area contributed by atoms with Crippen LogP contribution in [0.2, 0.25) is 0 Å². The van der Waals surface area contributed by atoms with Crippen molar-refractivity contribution in [3.8, 4) is 0 Å². The molecule has 0 unspecified atom stereocenters. The summed E-state index contributed by atoms with van der Waals surface area (Å²) in [5.41, 5.74) is 1.49. The minimum Gasteiger partial charge on any atom is -0.744 e. The van der Waals surface area contributed by atoms with Gasteiger partial charge in [0.25, 0.3) is 0 Å². The molecule has 1 heterocycles. The fraction of sp³-hybridized carbons (Fsp3) is 0.705. The van der Waals surface area contributed by atoms with Gasteiger partial charge in [0.05, 0.1) is 37.6 Å². The Balaban J connectivity index is 0.000000364. The zero-order valence-corrected chi connectivity index (χ0v) is 34.1. The highest BCUT2D eigenvalue weighted by Gasteiger charge is 2.26. The van der Waals surface area contributed by atoms with Gasteiger partial charge in [-0.2, -0.15) is 0 Å². The van der Waals surface area contributed by atoms with Gasteiger partial charge in [-0.15, -0.1) is 0 Å². The summed E-state index contributed by atoms with van der Waals surface area (Å²) in [6.45, 7) is 17.2. The summed E-state index contributed by atoms with van der Waals surface area (Å²) in [5.74, 6) is 0.568. The molecule has 2 aromatic rings. The zero-order valence-electron chi connectivity index (χ0n) is 33.3. The van der Waals surface area contributed by atoms with Gasteiger partial charge in [0.15, 0.2) is 0 Å². The molecule has 0 atom stereocenters. The third kappa shape index (κ3) is 18.9. The predicted octanol–water partition coefficient (Wildman–Crippen LogP) is 11.5. The molecule has 1 aliphatic rings. The molecule has 0 saturated carbocycles. The fourth-order valence-electron chi connectivity index (χ4n) is 7.44. The standard InChI is InChI=1S/C28H60N.C16H16N2O3S/c1-5-9-13-17-21-25-29(26-22-18-14-10-6-2,27-23-19-15-11-7-3)28-24-20-16-12-8-4;19-22(20,21)15-9-5-4-8-14(15)16-17-10-11-18(16)12-13-6-2-1-3-7-13/h5-28H2,1-4H3;1-9H,10-12H2,(H,19,20,21)/q+1;/p-1. The Morgan fingerprint density at radius 1 is 0.588 bits per heavy atom. The monoisotopic (exact) mass is 726 g/mol. The van der Waals surface area contributed by atoms with Crippen molar-refractivity contribution in [1.82, 2.24) is 4.90 Å². The van der Waals surface area contributed by atoms with E-state index in [9.17, 15) is 13.0 Å². The molecule has 0 spiro atoms. The molecule has 0 bridgehead atoms. The van der Waals surface area contributed by atoms with Gasteiger partial charge in [0.2, 0.25) is 0 Å². The number of rotatable bonds is 28. The molecule has 2 aromatic carbocycles. The summed E-state index contributed by atoms with van der Waals surface area (Å²) < 4.78 is 35.8. The molecule has 0 aliphatic carbocycles. The van der Waals surface area contributed by atoms with E-state index in [1.165, 1.54) is 165 Å². The quantitative estimate of drug-likeness (QED) is 0.0497. The molecule has 6 nitrogen and oxygen atoms in total. The smallest absolute Gasteiger partial charge is 0.132 e. The molecule has 0 N–H and O–H groups in total. The van der Waals surface area contributed by atoms with E-state index < -0.39 is 10.1 Å². The Labute approximate surface area is 314 Å². The Hall–Kier alpha value is -2.22. The molecule has 7 heteroatoms. The summed E-state index contributed by atoms with van der Waals surface area (Å²) in [4.78, 5) is 6.18. The van der Waals surface area contributed by atoms with Crippen molar-refractivity contribution in [3.05, 3.63) is 65.7 Å². The number of quaternary nitrogens is 1. The second-order valence-electron chi connectivity index (χ2n) is 15.0. The minimum atomic E-state index is -4.52. The minimum absolute atomic E-state index is 0.214. The molecular weight excluding hydrogens is 651 g/mol. The average Bonchev–Trinajstić information content (AvgIpc) is 3.59. The van der Waals surface area contributed by atoms with Crippen LogP contribution in [0.4, 0.5) is 0 Å². The highest BCUT2D eigenvalue weighted by Crippen LogP contribution is 2.22. The topological polar surface area (TPSA) is 72.8 Å². The van der Waals surface area contributed by atoms with Gasteiger partial charge in [0, 0.05) is 18.7 Å². The van der Waals surface area contributed by atoms with Crippen LogP contribution in [0.5, 0.6) is 0 Å². The predicted molar refractivity (Wildman–Crippen MR) is 217 cm³/mol. The van der Waals surface area contributed by atoms with Gasteiger partial charge in [-0.3, -0.25) is 4.99 Å². The van der Waals surface area contributed by atoms with E-state index in [-0.39, 0.29) is 4.90 Å². The highest BCUT2D eigenvalue weighted by molar-refractivity contribution is 7.85. The van der Waals surface area contributed by atoms with Crippen LogP contribution >= 0.6 is 0 Å². The third-order valence-corrected chi connectivity index (χ3v) is 11.4. The number of aliphatic imine (C=N–C) groups is 1. The lowest BCUT2D eigenvalue weighted by molar-refractivity contribution is -0.929. The molecular formula is C44H75N3O3S. The van der Waals surface area contributed by atoms with Gasteiger partial charge in [0.1, 0.15) is 16.0 Å². The van der Waals surface area contributed by atoms with Crippen LogP contribution in [-0.2, 0) is 16.7 Å². The molecule has 0 radical (unpaired) electrons. The molecule has 51 heavy (non-hydrogen) atoms. The second-order valence-corrected chi connectivity index (χ2v) is 16.3. The first-order valence-electron chi connectivity index (χ1n) is 21.0. The number of unbranched alkanes of at least 4 members (excludes halogenated alkanes) is 16. The largest absolute Gasteiger partial charge is 0.744 e. The fourth-order valence-corrected chi connectivity index (χ4v) is 8.11. The average molecular weight is 726 g/mol. The maximum Gasteiger partial charge on any atom is 0.132 e. The first kappa shape index (κ1) is 44.9. The van der Waals surface area contributed by atoms with Gasteiger partial charge in [-0.25, -0.2) is 8.42 Å². The maximum absolute atomic E-state index is 11.4. The van der Waals surface area contributed by atoms with E-state index in [2.05, 4.69) is 32.7 Å². The summed E-state index contributed by atoms with van der Waals surface area (Å²) in [5, 5.41) is 0. The first-order chi connectivity index (χ1) is 24.8. The van der Waals surface area contributed by atoms with Crippen molar-refractivity contribution in [1.29, 1.82) is 0 Å². The van der Waals surface area contributed by atoms with Crippen molar-refractivity contribution in [2.45, 2.75) is 168 Å². The number of hydrogen-bond donors (Lipinski definition) is 0. The van der Waals surface area contributed by atoms with Crippen molar-refractivity contribution in [2.75, 3.05) is 39.3 Å². The highest BCUT2D eigenvalue weighted by atomic mass is 32.2. The van der Waals surface area contributed by atoms with Crippen LogP contribution in [0, 0.1) is 0 Å². The SMILES string of the molecule is CCCCCCC[N+](CCCCCCC)(CCCCCCC)CCCCCCC.O=S(=O)([O-])c1ccccc1C1=NCCN1Cc1ccccc1. The number of benzene rings is 2. The van der Waals surface area contributed by atoms with Crippen molar-refractivity contribution in [3.63, 3.8) is 0 Å². The number of nitrogens with zero attached hydrogens (tertiary/aromatic N) is 3. The number of hydrogen-bond acceptors (Lipinski definition) is 5. The van der Waals surface area contributed by atoms with Crippen molar-refractivity contribution < 1.29 is 17.5 Å². The number of amidine groups is 1. The van der Waals surface area contributed by atoms with E-state index in [0.717, 1.165) is 5.56 Å². The Morgan fingerprint density at radius 3 is 1.43 bits per heavy atom. The van der Waals surface area contributed by atoms with Crippen molar-refractivity contribution >= 4 is 16.0 Å². The first-order valence-corrected chi connectivity index (χ1v) is 22.4. The van der Waals surface area contributed by atoms with E-state index in [4.69, 9.17) is 0 Å². The van der Waals surface area contributed by atoms with E-state index in [1.807, 2.05) is 35.2 Å².